The molecule has 0 unspecified atom stereocenters. The lowest BCUT2D eigenvalue weighted by molar-refractivity contribution is -0.141. The minimum Gasteiger partial charge on any atom is -0.481 e. The van der Waals surface area contributed by atoms with Gasteiger partial charge in [0.2, 0.25) is 0 Å². The SMILES string of the molecule is C[C@H](CN(C(=O)c1cc(C2CC2)n(C(C)(C)C)n1)C1CC1)C(=O)O. The fraction of sp³-hybridized carbons (Fsp3) is 0.722. The van der Waals surface area contributed by atoms with E-state index in [4.69, 9.17) is 5.11 Å². The molecule has 6 heteroatoms. The summed E-state index contributed by atoms with van der Waals surface area (Å²) in [6.45, 7) is 8.16. The van der Waals surface area contributed by atoms with E-state index in [0.29, 0.717) is 11.6 Å². The van der Waals surface area contributed by atoms with E-state index in [2.05, 4.69) is 25.9 Å². The molecule has 2 saturated carbocycles. The van der Waals surface area contributed by atoms with E-state index < -0.39 is 11.9 Å². The van der Waals surface area contributed by atoms with Crippen molar-refractivity contribution < 1.29 is 14.7 Å². The minimum atomic E-state index is -0.868. The fourth-order valence-electron chi connectivity index (χ4n) is 3.01. The van der Waals surface area contributed by atoms with Crippen LogP contribution in [0.2, 0.25) is 0 Å². The summed E-state index contributed by atoms with van der Waals surface area (Å²) in [6.07, 6.45) is 4.21. The minimum absolute atomic E-state index is 0.129. The number of nitrogens with zero attached hydrogens (tertiary/aromatic N) is 3. The Labute approximate surface area is 142 Å². The van der Waals surface area contributed by atoms with Crippen molar-refractivity contribution in [3.63, 3.8) is 0 Å². The zero-order valence-electron chi connectivity index (χ0n) is 15.0. The zero-order chi connectivity index (χ0) is 17.6. The molecule has 2 aliphatic carbocycles. The smallest absolute Gasteiger partial charge is 0.308 e. The largest absolute Gasteiger partial charge is 0.481 e. The summed E-state index contributed by atoms with van der Waals surface area (Å²) < 4.78 is 1.98. The van der Waals surface area contributed by atoms with Gasteiger partial charge >= 0.3 is 5.97 Å². The third-order valence-corrected chi connectivity index (χ3v) is 4.73. The second-order valence-corrected chi connectivity index (χ2v) is 8.24. The molecule has 0 saturated heterocycles. The number of carbonyl (C=O) groups is 2. The quantitative estimate of drug-likeness (QED) is 0.868. The molecule has 1 aromatic heterocycles. The summed E-state index contributed by atoms with van der Waals surface area (Å²) in [7, 11) is 0. The van der Waals surface area contributed by atoms with E-state index in [1.54, 1.807) is 11.8 Å². The van der Waals surface area contributed by atoms with E-state index in [1.165, 1.54) is 0 Å². The van der Waals surface area contributed by atoms with Gasteiger partial charge in [0.15, 0.2) is 5.69 Å². The Balaban J connectivity index is 1.86. The van der Waals surface area contributed by atoms with Crippen molar-refractivity contribution >= 4 is 11.9 Å². The predicted octanol–water partition coefficient (Wildman–Crippen LogP) is 2.84. The first kappa shape index (κ1) is 17.0. The molecule has 132 valence electrons. The van der Waals surface area contributed by atoms with Gasteiger partial charge in [-0.15, -0.1) is 0 Å². The predicted molar refractivity (Wildman–Crippen MR) is 90.1 cm³/mol. The molecule has 0 bridgehead atoms. The lowest BCUT2D eigenvalue weighted by Crippen LogP contribution is -2.39. The van der Waals surface area contributed by atoms with Gasteiger partial charge in [-0.3, -0.25) is 14.3 Å². The summed E-state index contributed by atoms with van der Waals surface area (Å²) in [6, 6.07) is 2.09. The van der Waals surface area contributed by atoms with Gasteiger partial charge in [0.05, 0.1) is 11.5 Å². The van der Waals surface area contributed by atoms with Crippen LogP contribution in [0, 0.1) is 5.92 Å². The van der Waals surface area contributed by atoms with Crippen molar-refractivity contribution in [1.29, 1.82) is 0 Å². The second-order valence-electron chi connectivity index (χ2n) is 8.24. The maximum absolute atomic E-state index is 13.0. The zero-order valence-corrected chi connectivity index (χ0v) is 15.0. The molecule has 0 spiro atoms. The summed E-state index contributed by atoms with van der Waals surface area (Å²) in [5.41, 5.74) is 1.42. The maximum atomic E-state index is 13.0. The monoisotopic (exact) mass is 333 g/mol. The number of carboxylic acids is 1. The van der Waals surface area contributed by atoms with Crippen LogP contribution in [0.1, 0.15) is 75.5 Å². The number of hydrogen-bond donors (Lipinski definition) is 1. The van der Waals surface area contributed by atoms with Crippen LogP contribution in [0.3, 0.4) is 0 Å². The third kappa shape index (κ3) is 3.47. The Morgan fingerprint density at radius 3 is 2.42 bits per heavy atom. The van der Waals surface area contributed by atoms with Crippen molar-refractivity contribution in [1.82, 2.24) is 14.7 Å². The average molecular weight is 333 g/mol. The van der Waals surface area contributed by atoms with Crippen molar-refractivity contribution in [3.05, 3.63) is 17.5 Å². The van der Waals surface area contributed by atoms with E-state index in [9.17, 15) is 9.59 Å². The van der Waals surface area contributed by atoms with Gasteiger partial charge in [-0.05, 0) is 52.5 Å². The number of amides is 1. The van der Waals surface area contributed by atoms with Gasteiger partial charge in [-0.25, -0.2) is 0 Å². The lowest BCUT2D eigenvalue weighted by atomic mass is 10.1. The average Bonchev–Trinajstić information content (AvgIpc) is 3.40. The van der Waals surface area contributed by atoms with E-state index in [0.717, 1.165) is 31.4 Å². The highest BCUT2D eigenvalue weighted by Crippen LogP contribution is 2.42. The summed E-state index contributed by atoms with van der Waals surface area (Å²) >= 11 is 0. The fourth-order valence-corrected chi connectivity index (χ4v) is 3.01. The standard InChI is InChI=1S/C18H27N3O3/c1-11(17(23)24)10-20(13-7-8-13)16(22)14-9-15(12-5-6-12)21(19-14)18(2,3)4/h9,11-13H,5-8,10H2,1-4H3,(H,23,24)/t11-/m1/s1. The Morgan fingerprint density at radius 1 is 1.33 bits per heavy atom. The van der Waals surface area contributed by atoms with Gasteiger partial charge in [0.25, 0.3) is 5.91 Å². The second kappa shape index (κ2) is 5.90. The van der Waals surface area contributed by atoms with Crippen LogP contribution < -0.4 is 0 Å². The molecule has 3 rings (SSSR count). The van der Waals surface area contributed by atoms with Crippen LogP contribution in [-0.4, -0.2) is 44.3 Å². The van der Waals surface area contributed by atoms with Crippen molar-refractivity contribution in [3.8, 4) is 0 Å². The van der Waals surface area contributed by atoms with E-state index in [-0.39, 0.29) is 24.0 Å². The summed E-state index contributed by atoms with van der Waals surface area (Å²) in [5.74, 6) is -1.06. The lowest BCUT2D eigenvalue weighted by Gasteiger charge is -2.24. The highest BCUT2D eigenvalue weighted by molar-refractivity contribution is 5.93. The number of hydrogen-bond acceptors (Lipinski definition) is 3. The van der Waals surface area contributed by atoms with Gasteiger partial charge in [0, 0.05) is 24.2 Å². The van der Waals surface area contributed by atoms with E-state index >= 15 is 0 Å². The summed E-state index contributed by atoms with van der Waals surface area (Å²) in [5, 5.41) is 13.8. The van der Waals surface area contributed by atoms with Crippen LogP contribution in [-0.2, 0) is 10.3 Å². The maximum Gasteiger partial charge on any atom is 0.308 e. The molecule has 0 aromatic carbocycles. The van der Waals surface area contributed by atoms with E-state index in [1.807, 2.05) is 10.7 Å². The molecule has 1 N–H and O–H groups in total. The van der Waals surface area contributed by atoms with Gasteiger partial charge in [-0.1, -0.05) is 6.92 Å². The van der Waals surface area contributed by atoms with Crippen molar-refractivity contribution in [2.45, 2.75) is 70.9 Å². The van der Waals surface area contributed by atoms with Crippen LogP contribution >= 0.6 is 0 Å². The van der Waals surface area contributed by atoms with Crippen molar-refractivity contribution in [2.24, 2.45) is 5.92 Å². The molecule has 1 aromatic rings. The summed E-state index contributed by atoms with van der Waals surface area (Å²) in [4.78, 5) is 25.9. The highest BCUT2D eigenvalue weighted by Gasteiger charge is 2.38. The van der Waals surface area contributed by atoms with Gasteiger partial charge < -0.3 is 10.0 Å². The molecule has 6 nitrogen and oxygen atoms in total. The molecule has 0 aliphatic heterocycles. The first-order valence-electron chi connectivity index (χ1n) is 8.82. The number of aliphatic carboxylic acids is 1. The molecule has 2 aliphatic rings. The Hall–Kier alpha value is -1.85. The molecule has 24 heavy (non-hydrogen) atoms. The molecule has 2 fully saturated rings. The Kier molecular flexibility index (Phi) is 4.18. The van der Waals surface area contributed by atoms with Crippen LogP contribution in [0.15, 0.2) is 6.07 Å². The van der Waals surface area contributed by atoms with Crippen LogP contribution in [0.4, 0.5) is 0 Å². The molecular formula is C18H27N3O3. The number of carbonyl (C=O) groups excluding carboxylic acids is 1. The normalized spacial score (nSPS) is 19.2. The number of carboxylic acid groups (broad SMARTS) is 1. The molecule has 1 heterocycles. The highest BCUT2D eigenvalue weighted by atomic mass is 16.4. The van der Waals surface area contributed by atoms with Crippen LogP contribution in [0.5, 0.6) is 0 Å². The first-order chi connectivity index (χ1) is 11.2. The topological polar surface area (TPSA) is 75.4 Å². The van der Waals surface area contributed by atoms with Gasteiger partial charge in [-0.2, -0.15) is 5.10 Å². The molecular weight excluding hydrogens is 306 g/mol. The molecule has 1 amide bonds. The molecule has 0 radical (unpaired) electrons. The first-order valence-corrected chi connectivity index (χ1v) is 8.82. The number of rotatable bonds is 6. The number of aromatic nitrogens is 2. The molecule has 1 atom stereocenters. The van der Waals surface area contributed by atoms with Crippen LogP contribution in [0.25, 0.3) is 0 Å². The Bertz CT molecular complexity index is 651. The Morgan fingerprint density at radius 2 is 1.96 bits per heavy atom. The third-order valence-electron chi connectivity index (χ3n) is 4.73. The van der Waals surface area contributed by atoms with Crippen molar-refractivity contribution in [2.75, 3.05) is 6.54 Å². The van der Waals surface area contributed by atoms with Gasteiger partial charge in [0.1, 0.15) is 0 Å².